The highest BCUT2D eigenvalue weighted by molar-refractivity contribution is 6.04. The van der Waals surface area contributed by atoms with Crippen molar-refractivity contribution in [2.75, 3.05) is 0 Å². The van der Waals surface area contributed by atoms with Gasteiger partial charge in [-0.15, -0.1) is 0 Å². The van der Waals surface area contributed by atoms with Crippen molar-refractivity contribution in [2.45, 2.75) is 19.3 Å². The molecule has 0 saturated heterocycles. The van der Waals surface area contributed by atoms with Crippen LogP contribution in [0, 0.1) is 0 Å². The average Bonchev–Trinajstić information content (AvgIpc) is 3.39. The lowest BCUT2D eigenvalue weighted by atomic mass is 9.81. The summed E-state index contributed by atoms with van der Waals surface area (Å²) < 4.78 is 0. The summed E-state index contributed by atoms with van der Waals surface area (Å²) in [7, 11) is 0. The van der Waals surface area contributed by atoms with Gasteiger partial charge in [-0.2, -0.15) is 0 Å². The van der Waals surface area contributed by atoms with Crippen LogP contribution in [0.1, 0.15) is 63.9 Å². The molecule has 0 saturated carbocycles. The summed E-state index contributed by atoms with van der Waals surface area (Å²) in [6.45, 7) is 4.61. The third-order valence-electron chi connectivity index (χ3n) is 9.16. The largest absolute Gasteiger partial charge is 0.0622 e. The molecule has 0 nitrogen and oxygen atoms in total. The SMILES string of the molecule is CC1(C)C(/C=C/c2ccc(/C=C/c3ccc(C(=C(c4ccccc4)c4ccccc4)c4ccccc4)cc3)cc2)=Cc2ccccc21. The van der Waals surface area contributed by atoms with E-state index in [0.717, 1.165) is 0 Å². The van der Waals surface area contributed by atoms with Crippen LogP contribution in [0.25, 0.3) is 35.5 Å². The minimum absolute atomic E-state index is 0.0215. The summed E-state index contributed by atoms with van der Waals surface area (Å²) in [5.41, 5.74) is 14.9. The van der Waals surface area contributed by atoms with Crippen LogP contribution in [0.3, 0.4) is 0 Å². The van der Waals surface area contributed by atoms with E-state index in [2.05, 4.69) is 208 Å². The van der Waals surface area contributed by atoms with E-state index >= 15 is 0 Å². The van der Waals surface area contributed by atoms with Gasteiger partial charge in [0.15, 0.2) is 0 Å². The van der Waals surface area contributed by atoms with Crippen molar-refractivity contribution in [3.63, 3.8) is 0 Å². The summed E-state index contributed by atoms with van der Waals surface area (Å²) in [5.74, 6) is 0. The summed E-state index contributed by atoms with van der Waals surface area (Å²) >= 11 is 0. The van der Waals surface area contributed by atoms with Gasteiger partial charge in [0, 0.05) is 5.41 Å². The molecule has 0 aliphatic heterocycles. The lowest BCUT2D eigenvalue weighted by Gasteiger charge is -2.22. The van der Waals surface area contributed by atoms with Gasteiger partial charge in [-0.05, 0) is 66.8 Å². The van der Waals surface area contributed by atoms with Crippen molar-refractivity contribution in [1.29, 1.82) is 0 Å². The van der Waals surface area contributed by atoms with E-state index in [-0.39, 0.29) is 5.41 Å². The van der Waals surface area contributed by atoms with Gasteiger partial charge in [0.2, 0.25) is 0 Å². The predicted octanol–water partition coefficient (Wildman–Crippen LogP) is 12.3. The molecule has 0 bridgehead atoms. The third-order valence-corrected chi connectivity index (χ3v) is 9.16. The second-order valence-corrected chi connectivity index (χ2v) is 12.6. The lowest BCUT2D eigenvalue weighted by molar-refractivity contribution is 0.655. The fourth-order valence-corrected chi connectivity index (χ4v) is 6.53. The molecule has 1 aliphatic carbocycles. The Labute approximate surface area is 279 Å². The van der Waals surface area contributed by atoms with Gasteiger partial charge < -0.3 is 0 Å². The summed E-state index contributed by atoms with van der Waals surface area (Å²) in [4.78, 5) is 0. The molecule has 0 amide bonds. The Morgan fingerprint density at radius 1 is 0.383 bits per heavy atom. The number of allylic oxidation sites excluding steroid dienone is 2. The monoisotopic (exact) mass is 602 g/mol. The van der Waals surface area contributed by atoms with Gasteiger partial charge in [0.25, 0.3) is 0 Å². The first-order chi connectivity index (χ1) is 23.1. The Morgan fingerprint density at radius 2 is 0.745 bits per heavy atom. The molecule has 0 spiro atoms. The van der Waals surface area contributed by atoms with Crippen LogP contribution in [-0.4, -0.2) is 0 Å². The van der Waals surface area contributed by atoms with E-state index in [1.807, 2.05) is 0 Å². The van der Waals surface area contributed by atoms with Crippen LogP contribution >= 0.6 is 0 Å². The highest BCUT2D eigenvalue weighted by Gasteiger charge is 2.30. The molecule has 0 fully saturated rings. The normalized spacial score (nSPS) is 13.4. The second-order valence-electron chi connectivity index (χ2n) is 12.6. The van der Waals surface area contributed by atoms with Gasteiger partial charge in [0.05, 0.1) is 0 Å². The van der Waals surface area contributed by atoms with E-state index in [9.17, 15) is 0 Å². The van der Waals surface area contributed by atoms with Gasteiger partial charge in [-0.3, -0.25) is 0 Å². The Hall–Kier alpha value is -5.72. The molecule has 0 heteroatoms. The molecule has 0 atom stereocenters. The molecule has 6 aromatic rings. The van der Waals surface area contributed by atoms with Crippen molar-refractivity contribution in [3.05, 3.63) is 226 Å². The molecule has 0 radical (unpaired) electrons. The van der Waals surface area contributed by atoms with Crippen LogP contribution in [0.2, 0.25) is 0 Å². The minimum Gasteiger partial charge on any atom is -0.0622 e. The molecule has 0 aromatic heterocycles. The van der Waals surface area contributed by atoms with Crippen LogP contribution in [0.5, 0.6) is 0 Å². The molecule has 0 heterocycles. The summed E-state index contributed by atoms with van der Waals surface area (Å²) in [6.07, 6.45) is 11.2. The Kier molecular flexibility index (Phi) is 8.50. The number of hydrogen-bond acceptors (Lipinski definition) is 0. The molecule has 0 N–H and O–H groups in total. The smallest absolute Gasteiger partial charge is 0.0152 e. The van der Waals surface area contributed by atoms with Crippen LogP contribution < -0.4 is 0 Å². The zero-order valence-electron chi connectivity index (χ0n) is 27.0. The molecular weight excluding hydrogens is 565 g/mol. The highest BCUT2D eigenvalue weighted by Crippen LogP contribution is 2.42. The molecule has 47 heavy (non-hydrogen) atoms. The zero-order chi connectivity index (χ0) is 32.1. The second kappa shape index (κ2) is 13.3. The first-order valence-electron chi connectivity index (χ1n) is 16.4. The minimum atomic E-state index is 0.0215. The average molecular weight is 603 g/mol. The van der Waals surface area contributed by atoms with E-state index in [0.29, 0.717) is 0 Å². The van der Waals surface area contributed by atoms with E-state index < -0.39 is 0 Å². The van der Waals surface area contributed by atoms with Gasteiger partial charge in [-0.25, -0.2) is 0 Å². The third kappa shape index (κ3) is 6.50. The first kappa shape index (κ1) is 30.0. The summed E-state index contributed by atoms with van der Waals surface area (Å²) in [6, 6.07) is 58.6. The van der Waals surface area contributed by atoms with Crippen molar-refractivity contribution < 1.29 is 0 Å². The number of rotatable bonds is 8. The van der Waals surface area contributed by atoms with Crippen LogP contribution in [-0.2, 0) is 5.41 Å². The molecular formula is C47H38. The molecule has 226 valence electrons. The van der Waals surface area contributed by atoms with E-state index in [1.165, 1.54) is 66.8 Å². The van der Waals surface area contributed by atoms with Crippen molar-refractivity contribution in [1.82, 2.24) is 0 Å². The van der Waals surface area contributed by atoms with Crippen molar-refractivity contribution in [3.8, 4) is 0 Å². The Balaban J connectivity index is 1.14. The lowest BCUT2D eigenvalue weighted by Crippen LogP contribution is -2.15. The number of fused-ring (bicyclic) bond motifs is 1. The van der Waals surface area contributed by atoms with Crippen LogP contribution in [0.4, 0.5) is 0 Å². The summed E-state index contributed by atoms with van der Waals surface area (Å²) in [5, 5.41) is 0. The highest BCUT2D eigenvalue weighted by atomic mass is 14.3. The fourth-order valence-electron chi connectivity index (χ4n) is 6.53. The van der Waals surface area contributed by atoms with Crippen molar-refractivity contribution in [2.24, 2.45) is 0 Å². The predicted molar refractivity (Wildman–Crippen MR) is 203 cm³/mol. The van der Waals surface area contributed by atoms with E-state index in [4.69, 9.17) is 0 Å². The maximum Gasteiger partial charge on any atom is 0.0152 e. The first-order valence-corrected chi connectivity index (χ1v) is 16.4. The quantitative estimate of drug-likeness (QED) is 0.152. The number of benzene rings is 6. The fraction of sp³-hybridized carbons (Fsp3) is 0.0638. The maximum atomic E-state index is 2.32. The topological polar surface area (TPSA) is 0 Å². The molecule has 7 rings (SSSR count). The molecule has 0 unspecified atom stereocenters. The Bertz CT molecular complexity index is 2050. The zero-order valence-corrected chi connectivity index (χ0v) is 27.0. The van der Waals surface area contributed by atoms with Gasteiger partial charge in [-0.1, -0.05) is 208 Å². The van der Waals surface area contributed by atoms with Crippen molar-refractivity contribution >= 4 is 35.5 Å². The molecule has 1 aliphatic rings. The standard InChI is InChI=1S/C47H38/c1-47(2)43(34-42-20-12-13-21-44(42)47)33-30-36-25-22-35(23-26-36)24-27-37-28-31-41(32-29-37)46(40-18-10-5-11-19-40)45(38-14-6-3-7-15-38)39-16-8-4-9-17-39/h3-34H,1-2H3/b27-24+,33-30+. The van der Waals surface area contributed by atoms with E-state index in [1.54, 1.807) is 0 Å². The van der Waals surface area contributed by atoms with Gasteiger partial charge in [0.1, 0.15) is 0 Å². The van der Waals surface area contributed by atoms with Crippen LogP contribution in [0.15, 0.2) is 175 Å². The van der Waals surface area contributed by atoms with Gasteiger partial charge >= 0.3 is 0 Å². The number of hydrogen-bond donors (Lipinski definition) is 0. The maximum absolute atomic E-state index is 2.32. The molecule has 6 aromatic carbocycles. The Morgan fingerprint density at radius 3 is 1.19 bits per heavy atom.